The summed E-state index contributed by atoms with van der Waals surface area (Å²) < 4.78 is 0. The predicted molar refractivity (Wildman–Crippen MR) is 59.7 cm³/mol. The first kappa shape index (κ1) is 9.76. The van der Waals surface area contributed by atoms with E-state index in [4.69, 9.17) is 0 Å². The highest BCUT2D eigenvalue weighted by Crippen LogP contribution is 2.54. The minimum atomic E-state index is 0.301. The van der Waals surface area contributed by atoms with Crippen LogP contribution in [0.5, 0.6) is 0 Å². The molecule has 1 heterocycles. The van der Waals surface area contributed by atoms with Crippen LogP contribution < -0.4 is 0 Å². The van der Waals surface area contributed by atoms with Gasteiger partial charge in [0.1, 0.15) is 0 Å². The van der Waals surface area contributed by atoms with Crippen LogP contribution in [0.1, 0.15) is 38.5 Å². The number of rotatable bonds is 4. The average Bonchev–Trinajstić information content (AvgIpc) is 3.12. The summed E-state index contributed by atoms with van der Waals surface area (Å²) in [6.07, 6.45) is 8.19. The van der Waals surface area contributed by atoms with Gasteiger partial charge in [0.15, 0.2) is 0 Å². The highest BCUT2D eigenvalue weighted by Gasteiger charge is 2.48. The number of nitrogens with zero attached hydrogens (tertiary/aromatic N) is 2. The lowest BCUT2D eigenvalue weighted by atomic mass is 9.92. The Kier molecular flexibility index (Phi) is 2.13. The summed E-state index contributed by atoms with van der Waals surface area (Å²) in [4.78, 5) is 12.9. The van der Waals surface area contributed by atoms with Gasteiger partial charge in [-0.15, -0.1) is 0 Å². The Labute approximate surface area is 91.2 Å². The molecular formula is C12H20N2O. The molecule has 84 valence electrons. The van der Waals surface area contributed by atoms with Gasteiger partial charge >= 0.3 is 0 Å². The van der Waals surface area contributed by atoms with Crippen molar-refractivity contribution in [2.24, 2.45) is 16.0 Å². The molecule has 0 unspecified atom stereocenters. The lowest BCUT2D eigenvalue weighted by Gasteiger charge is -2.34. The molecule has 0 amide bonds. The summed E-state index contributed by atoms with van der Waals surface area (Å²) in [5, 5.41) is 3.10. The van der Waals surface area contributed by atoms with Crippen molar-refractivity contribution in [2.45, 2.75) is 38.5 Å². The van der Waals surface area contributed by atoms with Crippen LogP contribution in [0.15, 0.2) is 5.18 Å². The minimum absolute atomic E-state index is 0.301. The summed E-state index contributed by atoms with van der Waals surface area (Å²) >= 11 is 0. The summed E-state index contributed by atoms with van der Waals surface area (Å²) in [7, 11) is 0. The van der Waals surface area contributed by atoms with Crippen molar-refractivity contribution >= 4 is 0 Å². The SMILES string of the molecule is O=NCC1(CN2CCC3(CC2)CC3)CC1. The lowest BCUT2D eigenvalue weighted by Crippen LogP contribution is -2.39. The molecule has 0 aromatic carbocycles. The van der Waals surface area contributed by atoms with Crippen LogP contribution in [-0.2, 0) is 0 Å². The van der Waals surface area contributed by atoms with Crippen molar-refractivity contribution < 1.29 is 0 Å². The van der Waals surface area contributed by atoms with Crippen molar-refractivity contribution in [3.05, 3.63) is 4.91 Å². The quantitative estimate of drug-likeness (QED) is 0.665. The third-order valence-electron chi connectivity index (χ3n) is 4.79. The molecule has 3 fully saturated rings. The highest BCUT2D eigenvalue weighted by atomic mass is 16.3. The molecule has 0 N–H and O–H groups in total. The summed E-state index contributed by atoms with van der Waals surface area (Å²) in [6.45, 7) is 4.21. The maximum Gasteiger partial charge on any atom is 0.0879 e. The van der Waals surface area contributed by atoms with Gasteiger partial charge in [-0.2, -0.15) is 4.91 Å². The average molecular weight is 208 g/mol. The largest absolute Gasteiger partial charge is 0.303 e. The molecule has 2 aliphatic carbocycles. The van der Waals surface area contributed by atoms with Gasteiger partial charge in [-0.05, 0) is 57.0 Å². The van der Waals surface area contributed by atoms with Crippen LogP contribution in [0.2, 0.25) is 0 Å². The van der Waals surface area contributed by atoms with Crippen molar-refractivity contribution in [1.82, 2.24) is 4.90 Å². The van der Waals surface area contributed by atoms with Gasteiger partial charge in [-0.25, -0.2) is 0 Å². The zero-order chi connectivity index (χ0) is 10.4. The molecule has 2 saturated carbocycles. The number of hydrogen-bond acceptors (Lipinski definition) is 3. The second-order valence-corrected chi connectivity index (χ2v) is 6.06. The molecule has 3 nitrogen and oxygen atoms in total. The predicted octanol–water partition coefficient (Wildman–Crippen LogP) is 2.41. The number of hydrogen-bond donors (Lipinski definition) is 0. The zero-order valence-electron chi connectivity index (χ0n) is 9.37. The fourth-order valence-corrected chi connectivity index (χ4v) is 3.02. The molecule has 3 aliphatic rings. The second kappa shape index (κ2) is 3.27. The number of nitroso groups, excluding NO2 is 1. The van der Waals surface area contributed by atoms with Gasteiger partial charge in [0.2, 0.25) is 0 Å². The van der Waals surface area contributed by atoms with Gasteiger partial charge < -0.3 is 4.90 Å². The zero-order valence-corrected chi connectivity index (χ0v) is 9.37. The van der Waals surface area contributed by atoms with E-state index in [0.29, 0.717) is 12.0 Å². The molecule has 1 aliphatic heterocycles. The molecule has 0 aromatic heterocycles. The van der Waals surface area contributed by atoms with Crippen molar-refractivity contribution in [2.75, 3.05) is 26.2 Å². The minimum Gasteiger partial charge on any atom is -0.303 e. The number of likely N-dealkylation sites (tertiary alicyclic amines) is 1. The van der Waals surface area contributed by atoms with Crippen LogP contribution in [0.25, 0.3) is 0 Å². The van der Waals surface area contributed by atoms with Crippen LogP contribution in [0, 0.1) is 15.7 Å². The van der Waals surface area contributed by atoms with E-state index in [9.17, 15) is 4.91 Å². The molecule has 1 saturated heterocycles. The Morgan fingerprint density at radius 2 is 1.67 bits per heavy atom. The van der Waals surface area contributed by atoms with Crippen molar-refractivity contribution in [1.29, 1.82) is 0 Å². The van der Waals surface area contributed by atoms with E-state index in [0.717, 1.165) is 12.0 Å². The molecule has 0 atom stereocenters. The fourth-order valence-electron chi connectivity index (χ4n) is 3.02. The van der Waals surface area contributed by atoms with Crippen molar-refractivity contribution in [3.8, 4) is 0 Å². The Balaban J connectivity index is 1.50. The molecule has 15 heavy (non-hydrogen) atoms. The van der Waals surface area contributed by atoms with Crippen LogP contribution in [0.3, 0.4) is 0 Å². The Morgan fingerprint density at radius 3 is 2.13 bits per heavy atom. The Hall–Kier alpha value is -0.440. The smallest absolute Gasteiger partial charge is 0.0879 e. The summed E-state index contributed by atoms with van der Waals surface area (Å²) in [5.74, 6) is 0. The second-order valence-electron chi connectivity index (χ2n) is 6.06. The Bertz CT molecular complexity index is 259. The molecule has 0 bridgehead atoms. The van der Waals surface area contributed by atoms with E-state index in [2.05, 4.69) is 10.1 Å². The first-order valence-corrected chi connectivity index (χ1v) is 6.28. The summed E-state index contributed by atoms with van der Waals surface area (Å²) in [5.41, 5.74) is 1.08. The van der Waals surface area contributed by atoms with Gasteiger partial charge in [-0.3, -0.25) is 0 Å². The van der Waals surface area contributed by atoms with E-state index in [1.807, 2.05) is 0 Å². The Morgan fingerprint density at radius 1 is 1.00 bits per heavy atom. The van der Waals surface area contributed by atoms with E-state index < -0.39 is 0 Å². The molecule has 0 aromatic rings. The monoisotopic (exact) mass is 208 g/mol. The third-order valence-corrected chi connectivity index (χ3v) is 4.79. The van der Waals surface area contributed by atoms with E-state index in [-0.39, 0.29) is 0 Å². The van der Waals surface area contributed by atoms with E-state index in [1.54, 1.807) is 0 Å². The van der Waals surface area contributed by atoms with E-state index in [1.165, 1.54) is 51.6 Å². The highest BCUT2D eigenvalue weighted by molar-refractivity contribution is 5.01. The fraction of sp³-hybridized carbons (Fsp3) is 1.00. The van der Waals surface area contributed by atoms with E-state index >= 15 is 0 Å². The molecule has 0 radical (unpaired) electrons. The molecular weight excluding hydrogens is 188 g/mol. The standard InChI is InChI=1S/C12H20N2O/c15-13-9-12(3-4-12)10-14-7-5-11(1-2-11)6-8-14/h1-10H2. The first-order valence-electron chi connectivity index (χ1n) is 6.28. The van der Waals surface area contributed by atoms with Crippen LogP contribution in [-0.4, -0.2) is 31.1 Å². The van der Waals surface area contributed by atoms with Gasteiger partial charge in [0, 0.05) is 12.0 Å². The molecule has 3 rings (SSSR count). The van der Waals surface area contributed by atoms with Crippen LogP contribution >= 0.6 is 0 Å². The topological polar surface area (TPSA) is 32.7 Å². The van der Waals surface area contributed by atoms with Gasteiger partial charge in [0.05, 0.1) is 6.54 Å². The maximum atomic E-state index is 10.3. The third kappa shape index (κ3) is 1.94. The molecule has 3 heteroatoms. The van der Waals surface area contributed by atoms with Gasteiger partial charge in [-0.1, -0.05) is 5.18 Å². The normalized spacial score (nSPS) is 31.5. The molecule has 1 spiro atoms. The first-order chi connectivity index (χ1) is 7.26. The number of piperidine rings is 1. The van der Waals surface area contributed by atoms with Gasteiger partial charge in [0.25, 0.3) is 0 Å². The lowest BCUT2D eigenvalue weighted by molar-refractivity contribution is 0.146. The van der Waals surface area contributed by atoms with Crippen LogP contribution in [0.4, 0.5) is 0 Å². The summed E-state index contributed by atoms with van der Waals surface area (Å²) in [6, 6.07) is 0. The maximum absolute atomic E-state index is 10.3. The van der Waals surface area contributed by atoms with Crippen molar-refractivity contribution in [3.63, 3.8) is 0 Å².